The first kappa shape index (κ1) is 20.6. The molecule has 4 rings (SSSR count). The van der Waals surface area contributed by atoms with E-state index in [-0.39, 0.29) is 18.0 Å². The van der Waals surface area contributed by atoms with Crippen molar-refractivity contribution in [2.45, 2.75) is 38.9 Å². The second kappa shape index (κ2) is 7.87. The zero-order chi connectivity index (χ0) is 21.4. The van der Waals surface area contributed by atoms with E-state index >= 15 is 0 Å². The molecule has 1 aliphatic rings. The third-order valence-electron chi connectivity index (χ3n) is 5.55. The Hall–Kier alpha value is -2.68. The summed E-state index contributed by atoms with van der Waals surface area (Å²) in [5.74, 6) is 1.60. The Bertz CT molecular complexity index is 983. The number of nitrogens with zero attached hydrogens (tertiary/aromatic N) is 2. The summed E-state index contributed by atoms with van der Waals surface area (Å²) in [4.78, 5) is 0. The van der Waals surface area contributed by atoms with Crippen LogP contribution in [0.25, 0.3) is 22.9 Å². The fourth-order valence-corrected chi connectivity index (χ4v) is 3.04. The lowest BCUT2D eigenvalue weighted by atomic mass is 9.79. The maximum absolute atomic E-state index is 6.10. The van der Waals surface area contributed by atoms with E-state index in [9.17, 15) is 0 Å². The molecule has 7 nitrogen and oxygen atoms in total. The van der Waals surface area contributed by atoms with Crippen molar-refractivity contribution in [3.05, 3.63) is 48.5 Å². The van der Waals surface area contributed by atoms with E-state index in [2.05, 4.69) is 10.2 Å². The van der Waals surface area contributed by atoms with Crippen molar-refractivity contribution in [3.8, 4) is 28.7 Å². The quantitative estimate of drug-likeness (QED) is 0.455. The molecule has 0 amide bonds. The lowest BCUT2D eigenvalue weighted by Gasteiger charge is -2.32. The van der Waals surface area contributed by atoms with Crippen LogP contribution in [0.2, 0.25) is 0 Å². The molecule has 0 unspecified atom stereocenters. The second-order valence-corrected chi connectivity index (χ2v) is 8.20. The molecule has 156 valence electrons. The minimum absolute atomic E-state index is 0.200. The van der Waals surface area contributed by atoms with Gasteiger partial charge in [0.15, 0.2) is 6.79 Å². The van der Waals surface area contributed by atoms with Gasteiger partial charge in [-0.25, -0.2) is 0 Å². The molecular formula is C22H25BN2O5. The van der Waals surface area contributed by atoms with Crippen molar-refractivity contribution in [1.82, 2.24) is 10.2 Å². The molecule has 0 bridgehead atoms. The number of hydrogen-bond donors (Lipinski definition) is 0. The van der Waals surface area contributed by atoms with Crippen molar-refractivity contribution >= 4 is 12.6 Å². The van der Waals surface area contributed by atoms with Crippen LogP contribution in [0.3, 0.4) is 0 Å². The van der Waals surface area contributed by atoms with Crippen LogP contribution in [0, 0.1) is 0 Å². The van der Waals surface area contributed by atoms with Gasteiger partial charge < -0.3 is 23.2 Å². The highest BCUT2D eigenvalue weighted by atomic mass is 16.7. The maximum Gasteiger partial charge on any atom is 0.494 e. The first-order valence-corrected chi connectivity index (χ1v) is 9.81. The Morgan fingerprint density at radius 2 is 1.30 bits per heavy atom. The third-order valence-corrected chi connectivity index (χ3v) is 5.55. The molecule has 0 aliphatic carbocycles. The normalized spacial score (nSPS) is 17.3. The van der Waals surface area contributed by atoms with E-state index in [1.54, 1.807) is 7.11 Å². The Labute approximate surface area is 176 Å². The molecule has 30 heavy (non-hydrogen) atoms. The van der Waals surface area contributed by atoms with Crippen LogP contribution in [-0.2, 0) is 14.0 Å². The molecule has 1 aliphatic heterocycles. The SMILES string of the molecule is COCOc1ccc(-c2nnc(-c3ccc(B4OC(C)(C)C(C)(C)O4)cc3)o2)cc1. The van der Waals surface area contributed by atoms with Crippen molar-refractivity contribution in [2.75, 3.05) is 13.9 Å². The van der Waals surface area contributed by atoms with Crippen molar-refractivity contribution < 1.29 is 23.2 Å². The molecule has 2 aromatic carbocycles. The minimum Gasteiger partial charge on any atom is -0.468 e. The van der Waals surface area contributed by atoms with Gasteiger partial charge in [0.1, 0.15) is 5.75 Å². The predicted molar refractivity (Wildman–Crippen MR) is 113 cm³/mol. The van der Waals surface area contributed by atoms with Crippen LogP contribution in [-0.4, -0.2) is 42.4 Å². The second-order valence-electron chi connectivity index (χ2n) is 8.20. The molecule has 2 heterocycles. The molecule has 0 saturated carbocycles. The molecule has 1 saturated heterocycles. The molecule has 1 fully saturated rings. The molecular weight excluding hydrogens is 383 g/mol. The molecule has 1 aromatic heterocycles. The zero-order valence-corrected chi connectivity index (χ0v) is 17.8. The Morgan fingerprint density at radius 3 is 1.80 bits per heavy atom. The van der Waals surface area contributed by atoms with Gasteiger partial charge in [-0.3, -0.25) is 0 Å². The van der Waals surface area contributed by atoms with Gasteiger partial charge in [-0.15, -0.1) is 10.2 Å². The number of rotatable bonds is 6. The van der Waals surface area contributed by atoms with Crippen LogP contribution in [0.15, 0.2) is 52.9 Å². The topological polar surface area (TPSA) is 75.8 Å². The van der Waals surface area contributed by atoms with Gasteiger partial charge >= 0.3 is 7.12 Å². The largest absolute Gasteiger partial charge is 0.494 e. The highest BCUT2D eigenvalue weighted by Crippen LogP contribution is 2.36. The van der Waals surface area contributed by atoms with Crippen LogP contribution in [0.4, 0.5) is 0 Å². The van der Waals surface area contributed by atoms with E-state index in [0.29, 0.717) is 17.5 Å². The standard InChI is InChI=1S/C22H25BN2O5/c1-21(2)22(3,4)30-23(29-21)17-10-6-15(7-11-17)19-24-25-20(28-19)16-8-12-18(13-9-16)27-14-26-5/h6-13H,14H2,1-5H3. The summed E-state index contributed by atoms with van der Waals surface area (Å²) in [5.41, 5.74) is 1.84. The fraction of sp³-hybridized carbons (Fsp3) is 0.364. The van der Waals surface area contributed by atoms with E-state index < -0.39 is 7.12 Å². The molecule has 8 heteroatoms. The first-order chi connectivity index (χ1) is 14.3. The summed E-state index contributed by atoms with van der Waals surface area (Å²) in [5, 5.41) is 8.34. The smallest absolute Gasteiger partial charge is 0.468 e. The molecule has 0 N–H and O–H groups in total. The summed E-state index contributed by atoms with van der Waals surface area (Å²) in [6, 6.07) is 15.2. The lowest BCUT2D eigenvalue weighted by molar-refractivity contribution is 0.00578. The summed E-state index contributed by atoms with van der Waals surface area (Å²) in [6.07, 6.45) is 0. The average Bonchev–Trinajstić information content (AvgIpc) is 3.29. The van der Waals surface area contributed by atoms with Gasteiger partial charge in [-0.2, -0.15) is 0 Å². The lowest BCUT2D eigenvalue weighted by Crippen LogP contribution is -2.41. The molecule has 0 spiro atoms. The maximum atomic E-state index is 6.10. The number of methoxy groups -OCH3 is 1. The third kappa shape index (κ3) is 3.98. The Morgan fingerprint density at radius 1 is 0.800 bits per heavy atom. The molecule has 0 atom stereocenters. The van der Waals surface area contributed by atoms with Gasteiger partial charge in [0.05, 0.1) is 11.2 Å². The predicted octanol–water partition coefficient (Wildman–Crippen LogP) is 3.69. The fourth-order valence-electron chi connectivity index (χ4n) is 3.04. The molecule has 3 aromatic rings. The van der Waals surface area contributed by atoms with E-state index in [4.69, 9.17) is 23.2 Å². The van der Waals surface area contributed by atoms with Crippen LogP contribution < -0.4 is 10.2 Å². The van der Waals surface area contributed by atoms with Crippen LogP contribution >= 0.6 is 0 Å². The summed E-state index contributed by atoms with van der Waals surface area (Å²) in [7, 11) is 1.18. The zero-order valence-electron chi connectivity index (χ0n) is 17.8. The first-order valence-electron chi connectivity index (χ1n) is 9.81. The number of aromatic nitrogens is 2. The van der Waals surface area contributed by atoms with Gasteiger partial charge in [0.2, 0.25) is 11.8 Å². The van der Waals surface area contributed by atoms with Gasteiger partial charge in [0, 0.05) is 18.2 Å². The summed E-state index contributed by atoms with van der Waals surface area (Å²) >= 11 is 0. The van der Waals surface area contributed by atoms with Gasteiger partial charge in [-0.05, 0) is 69.6 Å². The highest BCUT2D eigenvalue weighted by Gasteiger charge is 2.51. The monoisotopic (exact) mass is 408 g/mol. The minimum atomic E-state index is -0.402. The number of ether oxygens (including phenoxy) is 2. The van der Waals surface area contributed by atoms with E-state index in [1.165, 1.54) is 0 Å². The Kier molecular flexibility index (Phi) is 5.40. The molecule has 0 radical (unpaired) electrons. The Balaban J connectivity index is 1.48. The van der Waals surface area contributed by atoms with Crippen molar-refractivity contribution in [3.63, 3.8) is 0 Å². The van der Waals surface area contributed by atoms with Crippen LogP contribution in [0.1, 0.15) is 27.7 Å². The van der Waals surface area contributed by atoms with Gasteiger partial charge in [0.25, 0.3) is 0 Å². The van der Waals surface area contributed by atoms with Crippen molar-refractivity contribution in [2.24, 2.45) is 0 Å². The number of hydrogen-bond acceptors (Lipinski definition) is 7. The number of benzene rings is 2. The average molecular weight is 408 g/mol. The van der Waals surface area contributed by atoms with Crippen molar-refractivity contribution in [1.29, 1.82) is 0 Å². The highest BCUT2D eigenvalue weighted by molar-refractivity contribution is 6.62. The summed E-state index contributed by atoms with van der Waals surface area (Å²) < 4.78 is 28.3. The van der Waals surface area contributed by atoms with E-state index in [0.717, 1.165) is 16.6 Å². The van der Waals surface area contributed by atoms with Gasteiger partial charge in [-0.1, -0.05) is 12.1 Å². The van der Waals surface area contributed by atoms with Crippen LogP contribution in [0.5, 0.6) is 5.75 Å². The van der Waals surface area contributed by atoms with E-state index in [1.807, 2.05) is 76.2 Å². The summed E-state index contributed by atoms with van der Waals surface area (Å²) in [6.45, 7) is 8.36.